The van der Waals surface area contributed by atoms with Crippen molar-refractivity contribution >= 4 is 46.2 Å². The van der Waals surface area contributed by atoms with Crippen LogP contribution in [0, 0.1) is 17.0 Å². The molecule has 110 valence electrons. The monoisotopic (exact) mass is 344 g/mol. The fourth-order valence-electron chi connectivity index (χ4n) is 1.87. The van der Waals surface area contributed by atoms with E-state index in [2.05, 4.69) is 5.32 Å². The van der Waals surface area contributed by atoms with E-state index in [0.29, 0.717) is 22.3 Å². The van der Waals surface area contributed by atoms with Crippen LogP contribution in [0.2, 0.25) is 15.1 Å². The molecule has 0 spiro atoms. The van der Waals surface area contributed by atoms with Crippen LogP contribution in [0.25, 0.3) is 0 Å². The first-order valence-corrected chi connectivity index (χ1v) is 7.15. The van der Waals surface area contributed by atoms with Crippen molar-refractivity contribution < 1.29 is 4.92 Å². The number of hydrogen-bond acceptors (Lipinski definition) is 3. The van der Waals surface area contributed by atoms with Crippen molar-refractivity contribution in [3.8, 4) is 0 Å². The maximum Gasteiger partial charge on any atom is 0.288 e. The summed E-state index contributed by atoms with van der Waals surface area (Å²) < 4.78 is 0. The normalized spacial score (nSPS) is 10.5. The number of nitro benzene ring substituents is 1. The van der Waals surface area contributed by atoms with E-state index >= 15 is 0 Å². The van der Waals surface area contributed by atoms with E-state index in [0.717, 1.165) is 11.1 Å². The third kappa shape index (κ3) is 3.59. The molecule has 0 aliphatic heterocycles. The lowest BCUT2D eigenvalue weighted by atomic mass is 10.1. The molecule has 1 N–H and O–H groups in total. The fourth-order valence-corrected chi connectivity index (χ4v) is 2.49. The molecule has 4 nitrogen and oxygen atoms in total. The van der Waals surface area contributed by atoms with Crippen LogP contribution in [0.1, 0.15) is 11.1 Å². The van der Waals surface area contributed by atoms with Crippen LogP contribution < -0.4 is 5.32 Å². The van der Waals surface area contributed by atoms with Gasteiger partial charge in [-0.3, -0.25) is 10.1 Å². The Morgan fingerprint density at radius 3 is 2.57 bits per heavy atom. The molecule has 0 radical (unpaired) electrons. The van der Waals surface area contributed by atoms with Crippen molar-refractivity contribution in [2.24, 2.45) is 0 Å². The molecule has 0 aliphatic carbocycles. The van der Waals surface area contributed by atoms with E-state index in [9.17, 15) is 10.1 Å². The van der Waals surface area contributed by atoms with Crippen LogP contribution in [0.3, 0.4) is 0 Å². The molecule has 0 aromatic heterocycles. The van der Waals surface area contributed by atoms with Gasteiger partial charge in [-0.1, -0.05) is 46.9 Å². The average molecular weight is 346 g/mol. The van der Waals surface area contributed by atoms with Gasteiger partial charge in [-0.05, 0) is 30.2 Å². The number of nitrogens with one attached hydrogen (secondary N) is 1. The van der Waals surface area contributed by atoms with Crippen LogP contribution in [0.15, 0.2) is 30.3 Å². The summed E-state index contributed by atoms with van der Waals surface area (Å²) >= 11 is 18.0. The molecule has 2 aromatic rings. The highest BCUT2D eigenvalue weighted by Crippen LogP contribution is 2.31. The van der Waals surface area contributed by atoms with Gasteiger partial charge in [0.1, 0.15) is 5.02 Å². The number of hydrogen-bond donors (Lipinski definition) is 1. The lowest BCUT2D eigenvalue weighted by molar-refractivity contribution is -0.384. The summed E-state index contributed by atoms with van der Waals surface area (Å²) in [6, 6.07) is 8.34. The van der Waals surface area contributed by atoms with Crippen LogP contribution in [0.4, 0.5) is 11.4 Å². The van der Waals surface area contributed by atoms with Crippen molar-refractivity contribution in [1.29, 1.82) is 0 Å². The molecule has 0 fully saturated rings. The lowest BCUT2D eigenvalue weighted by Crippen LogP contribution is -2.02. The Morgan fingerprint density at radius 2 is 1.90 bits per heavy atom. The molecular formula is C14H11Cl3N2O2. The van der Waals surface area contributed by atoms with Crippen molar-refractivity contribution in [2.45, 2.75) is 13.5 Å². The summed E-state index contributed by atoms with van der Waals surface area (Å²) in [5, 5.41) is 15.0. The summed E-state index contributed by atoms with van der Waals surface area (Å²) in [6.07, 6.45) is 0. The molecule has 0 amide bonds. The summed E-state index contributed by atoms with van der Waals surface area (Å²) in [4.78, 5) is 10.3. The quantitative estimate of drug-likeness (QED) is 0.590. The molecule has 0 saturated heterocycles. The minimum absolute atomic E-state index is 0.0882. The van der Waals surface area contributed by atoms with Crippen molar-refractivity contribution in [3.63, 3.8) is 0 Å². The highest BCUT2D eigenvalue weighted by Gasteiger charge is 2.15. The topological polar surface area (TPSA) is 55.2 Å². The molecule has 0 unspecified atom stereocenters. The highest BCUT2D eigenvalue weighted by atomic mass is 35.5. The van der Waals surface area contributed by atoms with Crippen LogP contribution in [-0.2, 0) is 6.54 Å². The number of halogens is 3. The second-order valence-electron chi connectivity index (χ2n) is 4.44. The molecule has 2 aromatic carbocycles. The third-order valence-corrected chi connectivity index (χ3v) is 4.15. The second-order valence-corrected chi connectivity index (χ2v) is 5.63. The van der Waals surface area contributed by atoms with E-state index in [1.165, 1.54) is 12.1 Å². The molecule has 0 bridgehead atoms. The van der Waals surface area contributed by atoms with Crippen molar-refractivity contribution in [3.05, 3.63) is 66.6 Å². The van der Waals surface area contributed by atoms with E-state index in [1.54, 1.807) is 19.1 Å². The van der Waals surface area contributed by atoms with E-state index < -0.39 is 4.92 Å². The molecule has 7 heteroatoms. The number of nitrogens with zero attached hydrogens (tertiary/aromatic N) is 1. The molecule has 0 heterocycles. The molecule has 2 rings (SSSR count). The van der Waals surface area contributed by atoms with Gasteiger partial charge in [-0.15, -0.1) is 0 Å². The Kier molecular flexibility index (Phi) is 4.93. The van der Waals surface area contributed by atoms with Gasteiger partial charge in [0.05, 0.1) is 15.0 Å². The first-order valence-electron chi connectivity index (χ1n) is 6.01. The standard InChI is InChI=1S/C14H11Cl3N2O2/c1-8-5-13(19(20)21)11(16)6-12(8)18-7-9-3-2-4-10(15)14(9)17/h2-6,18H,7H2,1H3. The zero-order chi connectivity index (χ0) is 15.6. The van der Waals surface area contributed by atoms with E-state index in [-0.39, 0.29) is 10.7 Å². The third-order valence-electron chi connectivity index (χ3n) is 2.99. The minimum Gasteiger partial charge on any atom is -0.381 e. The maximum absolute atomic E-state index is 10.8. The Labute approximate surface area is 136 Å². The first kappa shape index (κ1) is 15.9. The number of nitro groups is 1. The minimum atomic E-state index is -0.507. The SMILES string of the molecule is Cc1cc([N+](=O)[O-])c(Cl)cc1NCc1cccc(Cl)c1Cl. The van der Waals surface area contributed by atoms with Crippen LogP contribution in [0.5, 0.6) is 0 Å². The predicted octanol–water partition coefficient (Wildman–Crippen LogP) is 5.48. The second kappa shape index (κ2) is 6.52. The zero-order valence-electron chi connectivity index (χ0n) is 11.0. The van der Waals surface area contributed by atoms with Gasteiger partial charge < -0.3 is 5.32 Å². The van der Waals surface area contributed by atoms with Crippen molar-refractivity contribution in [1.82, 2.24) is 0 Å². The number of anilines is 1. The molecule has 21 heavy (non-hydrogen) atoms. The molecule has 0 aliphatic rings. The van der Waals surface area contributed by atoms with Gasteiger partial charge in [0.2, 0.25) is 0 Å². The van der Waals surface area contributed by atoms with Gasteiger partial charge in [0.15, 0.2) is 0 Å². The summed E-state index contributed by atoms with van der Waals surface area (Å²) in [5.74, 6) is 0. The smallest absolute Gasteiger partial charge is 0.288 e. The summed E-state index contributed by atoms with van der Waals surface area (Å²) in [6.45, 7) is 2.21. The lowest BCUT2D eigenvalue weighted by Gasteiger charge is -2.12. The van der Waals surface area contributed by atoms with Gasteiger partial charge in [0, 0.05) is 18.3 Å². The zero-order valence-corrected chi connectivity index (χ0v) is 13.3. The van der Waals surface area contributed by atoms with Gasteiger partial charge >= 0.3 is 0 Å². The van der Waals surface area contributed by atoms with Gasteiger partial charge in [0.25, 0.3) is 5.69 Å². The maximum atomic E-state index is 10.8. The van der Waals surface area contributed by atoms with Crippen molar-refractivity contribution in [2.75, 3.05) is 5.32 Å². The first-order chi connectivity index (χ1) is 9.90. The van der Waals surface area contributed by atoms with Gasteiger partial charge in [-0.2, -0.15) is 0 Å². The number of rotatable bonds is 4. The largest absolute Gasteiger partial charge is 0.381 e. The highest BCUT2D eigenvalue weighted by molar-refractivity contribution is 6.42. The molecular weight excluding hydrogens is 335 g/mol. The van der Waals surface area contributed by atoms with E-state index in [1.807, 2.05) is 6.07 Å². The molecule has 0 saturated carbocycles. The van der Waals surface area contributed by atoms with Crippen LogP contribution >= 0.6 is 34.8 Å². The Morgan fingerprint density at radius 1 is 1.19 bits per heavy atom. The number of aryl methyl sites for hydroxylation is 1. The Balaban J connectivity index is 2.23. The average Bonchev–Trinajstić information content (AvgIpc) is 2.43. The predicted molar refractivity (Wildman–Crippen MR) is 86.6 cm³/mol. The Hall–Kier alpha value is -1.49. The van der Waals surface area contributed by atoms with Crippen LogP contribution in [-0.4, -0.2) is 4.92 Å². The number of benzene rings is 2. The fraction of sp³-hybridized carbons (Fsp3) is 0.143. The summed E-state index contributed by atoms with van der Waals surface area (Å²) in [7, 11) is 0. The van der Waals surface area contributed by atoms with Gasteiger partial charge in [-0.25, -0.2) is 0 Å². The van der Waals surface area contributed by atoms with E-state index in [4.69, 9.17) is 34.8 Å². The molecule has 0 atom stereocenters. The Bertz CT molecular complexity index is 705. The summed E-state index contributed by atoms with van der Waals surface area (Å²) in [5.41, 5.74) is 2.16.